The fourth-order valence-corrected chi connectivity index (χ4v) is 6.89. The first-order valence-corrected chi connectivity index (χ1v) is 13.9. The highest BCUT2D eigenvalue weighted by atomic mass is 16.6. The Balaban J connectivity index is 1.02. The fraction of sp³-hybridized carbons (Fsp3) is 0.452. The second-order valence-corrected chi connectivity index (χ2v) is 11.0. The highest BCUT2D eigenvalue weighted by Crippen LogP contribution is 2.38. The van der Waals surface area contributed by atoms with Crippen molar-refractivity contribution < 1.29 is 14.3 Å². The molecule has 6 nitrogen and oxygen atoms in total. The molecule has 0 bridgehead atoms. The molecule has 0 spiro atoms. The zero-order chi connectivity index (χ0) is 24.9. The molecular weight excluding hydrogens is 462 g/mol. The number of amides is 1. The zero-order valence-corrected chi connectivity index (χ0v) is 21.6. The molecule has 1 amide bonds. The highest BCUT2D eigenvalue weighted by Gasteiger charge is 2.29. The van der Waals surface area contributed by atoms with E-state index in [1.54, 1.807) is 4.90 Å². The molecule has 1 aliphatic carbocycles. The molecule has 4 aliphatic rings. The van der Waals surface area contributed by atoms with Gasteiger partial charge in [-0.25, -0.2) is 4.79 Å². The predicted octanol–water partition coefficient (Wildman–Crippen LogP) is 5.11. The molecule has 3 aliphatic heterocycles. The second kappa shape index (κ2) is 9.34. The molecule has 0 unspecified atom stereocenters. The van der Waals surface area contributed by atoms with Crippen molar-refractivity contribution in [2.24, 2.45) is 0 Å². The number of anilines is 2. The standard InChI is InChI=1S/C31H35N3O3/c1-21-20-33(28-10-7-23-6-5-22-3-2-4-27(28)30(22)23)15-14-32(21)13-11-29-26-9-8-25(19-24(26)12-17-36-29)34-16-18-37-31(34)35/h2-4,7-10,19,21,29H,5-6,11-18,20H2,1H3/t21-,29+/m1/s1. The van der Waals surface area contributed by atoms with Gasteiger partial charge < -0.3 is 14.4 Å². The van der Waals surface area contributed by atoms with Gasteiger partial charge in [-0.05, 0) is 78.4 Å². The number of cyclic esters (lactones) is 1. The number of rotatable bonds is 5. The summed E-state index contributed by atoms with van der Waals surface area (Å²) >= 11 is 0. The van der Waals surface area contributed by atoms with Crippen LogP contribution in [0, 0.1) is 0 Å². The van der Waals surface area contributed by atoms with Gasteiger partial charge in [0.05, 0.1) is 19.3 Å². The number of piperazine rings is 1. The van der Waals surface area contributed by atoms with Gasteiger partial charge in [0.15, 0.2) is 0 Å². The lowest BCUT2D eigenvalue weighted by Gasteiger charge is -2.42. The fourth-order valence-electron chi connectivity index (χ4n) is 6.89. The molecule has 192 valence electrons. The molecule has 0 aromatic heterocycles. The van der Waals surface area contributed by atoms with E-state index in [9.17, 15) is 4.79 Å². The number of ether oxygens (including phenoxy) is 2. The minimum Gasteiger partial charge on any atom is -0.447 e. The summed E-state index contributed by atoms with van der Waals surface area (Å²) in [4.78, 5) is 19.0. The molecule has 2 saturated heterocycles. The predicted molar refractivity (Wildman–Crippen MR) is 147 cm³/mol. The number of carbonyl (C=O) groups excluding carboxylic acids is 1. The normalized spacial score (nSPS) is 23.5. The van der Waals surface area contributed by atoms with Gasteiger partial charge >= 0.3 is 6.09 Å². The maximum Gasteiger partial charge on any atom is 0.414 e. The summed E-state index contributed by atoms with van der Waals surface area (Å²) in [7, 11) is 0. The van der Waals surface area contributed by atoms with Crippen LogP contribution in [-0.4, -0.2) is 63.0 Å². The van der Waals surface area contributed by atoms with E-state index in [-0.39, 0.29) is 12.2 Å². The summed E-state index contributed by atoms with van der Waals surface area (Å²) in [6.07, 6.45) is 4.12. The highest BCUT2D eigenvalue weighted by molar-refractivity contribution is 5.99. The van der Waals surface area contributed by atoms with Gasteiger partial charge in [0.25, 0.3) is 0 Å². The second-order valence-electron chi connectivity index (χ2n) is 11.0. The molecule has 2 fully saturated rings. The summed E-state index contributed by atoms with van der Waals surface area (Å²) in [5.74, 6) is 0. The molecule has 0 N–H and O–H groups in total. The van der Waals surface area contributed by atoms with Gasteiger partial charge in [-0.2, -0.15) is 0 Å². The van der Waals surface area contributed by atoms with Crippen molar-refractivity contribution in [3.63, 3.8) is 0 Å². The van der Waals surface area contributed by atoms with E-state index in [0.29, 0.717) is 19.2 Å². The van der Waals surface area contributed by atoms with E-state index in [0.717, 1.165) is 51.3 Å². The average Bonchev–Trinajstić information content (AvgIpc) is 3.55. The minimum absolute atomic E-state index is 0.116. The lowest BCUT2D eigenvalue weighted by molar-refractivity contribution is 0.0255. The maximum atomic E-state index is 12.0. The molecule has 2 atom stereocenters. The van der Waals surface area contributed by atoms with Crippen molar-refractivity contribution in [2.75, 3.05) is 55.7 Å². The Bertz CT molecular complexity index is 1340. The smallest absolute Gasteiger partial charge is 0.414 e. The van der Waals surface area contributed by atoms with Gasteiger partial charge in [0.2, 0.25) is 0 Å². The maximum absolute atomic E-state index is 12.0. The van der Waals surface area contributed by atoms with Crippen molar-refractivity contribution in [3.8, 4) is 0 Å². The number of nitrogens with zero attached hydrogens (tertiary/aromatic N) is 3. The van der Waals surface area contributed by atoms with Crippen LogP contribution in [0.4, 0.5) is 16.2 Å². The first kappa shape index (κ1) is 23.1. The van der Waals surface area contributed by atoms with Crippen LogP contribution in [0.3, 0.4) is 0 Å². The molecular formula is C31H35N3O3. The molecule has 7 rings (SSSR count). The SMILES string of the molecule is C[C@@H]1CN(c2ccc3c4c(cccc24)CC3)CCN1CC[C@@H]1OCCc2cc(N3CCOC3=O)ccc21. The Hall–Kier alpha value is -3.09. The lowest BCUT2D eigenvalue weighted by Crippen LogP contribution is -2.52. The van der Waals surface area contributed by atoms with E-state index >= 15 is 0 Å². The van der Waals surface area contributed by atoms with Crippen molar-refractivity contribution in [2.45, 2.75) is 44.8 Å². The van der Waals surface area contributed by atoms with Crippen LogP contribution in [0.2, 0.25) is 0 Å². The number of hydrogen-bond donors (Lipinski definition) is 0. The van der Waals surface area contributed by atoms with Gasteiger partial charge in [0.1, 0.15) is 6.61 Å². The van der Waals surface area contributed by atoms with Gasteiger partial charge in [-0.1, -0.05) is 30.3 Å². The Morgan fingerprint density at radius 2 is 1.81 bits per heavy atom. The van der Waals surface area contributed by atoms with Gasteiger partial charge in [-0.15, -0.1) is 0 Å². The van der Waals surface area contributed by atoms with E-state index in [2.05, 4.69) is 59.2 Å². The van der Waals surface area contributed by atoms with Crippen LogP contribution in [-0.2, 0) is 28.7 Å². The summed E-state index contributed by atoms with van der Waals surface area (Å²) in [6.45, 7) is 8.40. The molecule has 0 radical (unpaired) electrons. The lowest BCUT2D eigenvalue weighted by atomic mass is 9.94. The quantitative estimate of drug-likeness (QED) is 0.490. The minimum atomic E-state index is -0.242. The Kier molecular flexibility index (Phi) is 5.82. The van der Waals surface area contributed by atoms with Crippen molar-refractivity contribution in [3.05, 3.63) is 70.8 Å². The molecule has 3 aromatic carbocycles. The average molecular weight is 498 g/mol. The number of benzene rings is 3. The molecule has 3 aromatic rings. The molecule has 37 heavy (non-hydrogen) atoms. The third-order valence-corrected chi connectivity index (χ3v) is 8.87. The Morgan fingerprint density at radius 3 is 2.65 bits per heavy atom. The van der Waals surface area contributed by atoms with Crippen LogP contribution in [0.1, 0.15) is 41.7 Å². The third-order valence-electron chi connectivity index (χ3n) is 8.87. The summed E-state index contributed by atoms with van der Waals surface area (Å²) in [6, 6.07) is 18.4. The van der Waals surface area contributed by atoms with E-state index in [1.165, 1.54) is 51.6 Å². The first-order valence-electron chi connectivity index (χ1n) is 13.9. The zero-order valence-electron chi connectivity index (χ0n) is 21.6. The van der Waals surface area contributed by atoms with Crippen LogP contribution in [0.15, 0.2) is 48.5 Å². The van der Waals surface area contributed by atoms with Crippen LogP contribution >= 0.6 is 0 Å². The van der Waals surface area contributed by atoms with Crippen LogP contribution in [0.5, 0.6) is 0 Å². The number of aryl methyl sites for hydroxylation is 2. The van der Waals surface area contributed by atoms with Gasteiger partial charge in [-0.3, -0.25) is 9.80 Å². The summed E-state index contributed by atoms with van der Waals surface area (Å²) in [5, 5.41) is 2.94. The van der Waals surface area contributed by atoms with Gasteiger partial charge in [0, 0.05) is 49.0 Å². The van der Waals surface area contributed by atoms with Crippen molar-refractivity contribution >= 4 is 28.2 Å². The summed E-state index contributed by atoms with van der Waals surface area (Å²) < 4.78 is 11.4. The number of carbonyl (C=O) groups is 1. The van der Waals surface area contributed by atoms with E-state index in [4.69, 9.17) is 9.47 Å². The first-order chi connectivity index (χ1) is 18.2. The molecule has 3 heterocycles. The number of hydrogen-bond acceptors (Lipinski definition) is 5. The molecule has 6 heteroatoms. The number of fused-ring (bicyclic) bond motifs is 1. The van der Waals surface area contributed by atoms with Crippen LogP contribution in [0.25, 0.3) is 10.8 Å². The van der Waals surface area contributed by atoms with E-state index < -0.39 is 0 Å². The molecule has 0 saturated carbocycles. The summed E-state index contributed by atoms with van der Waals surface area (Å²) in [5.41, 5.74) is 7.95. The van der Waals surface area contributed by atoms with Crippen molar-refractivity contribution in [1.29, 1.82) is 0 Å². The van der Waals surface area contributed by atoms with Crippen molar-refractivity contribution in [1.82, 2.24) is 4.90 Å². The third kappa shape index (κ3) is 4.07. The Morgan fingerprint density at radius 1 is 0.919 bits per heavy atom. The topological polar surface area (TPSA) is 45.2 Å². The monoisotopic (exact) mass is 497 g/mol. The Labute approximate surface area is 218 Å². The van der Waals surface area contributed by atoms with E-state index in [1.807, 2.05) is 6.07 Å². The largest absolute Gasteiger partial charge is 0.447 e. The van der Waals surface area contributed by atoms with Crippen LogP contribution < -0.4 is 9.80 Å².